The first-order valence-corrected chi connectivity index (χ1v) is 11.7. The van der Waals surface area contributed by atoms with Crippen LogP contribution < -0.4 is 0 Å². The van der Waals surface area contributed by atoms with Crippen molar-refractivity contribution in [1.29, 1.82) is 0 Å². The van der Waals surface area contributed by atoms with Gasteiger partial charge < -0.3 is 4.98 Å². The van der Waals surface area contributed by atoms with Crippen LogP contribution in [-0.4, -0.2) is 20.7 Å². The molecule has 36 heavy (non-hydrogen) atoms. The Hall–Kier alpha value is -4.43. The molecule has 0 aliphatic heterocycles. The number of nitrogens with one attached hydrogen (secondary N) is 1. The van der Waals surface area contributed by atoms with Crippen LogP contribution in [0.25, 0.3) is 33.9 Å². The minimum Gasteiger partial charge on any atom is -0.337 e. The second kappa shape index (κ2) is 9.67. The van der Waals surface area contributed by atoms with Gasteiger partial charge in [-0.2, -0.15) is 0 Å². The average molecular weight is 542 g/mol. The van der Waals surface area contributed by atoms with E-state index in [2.05, 4.69) is 20.9 Å². The van der Waals surface area contributed by atoms with Crippen LogP contribution in [0.15, 0.2) is 102 Å². The summed E-state index contributed by atoms with van der Waals surface area (Å²) in [5, 5.41) is 11.4. The van der Waals surface area contributed by atoms with Gasteiger partial charge in [-0.05, 0) is 52.3 Å². The van der Waals surface area contributed by atoms with Crippen molar-refractivity contribution in [3.63, 3.8) is 0 Å². The molecule has 0 amide bonds. The van der Waals surface area contributed by atoms with Gasteiger partial charge in [0.15, 0.2) is 5.78 Å². The standard InChI is InChI=1S/C28H17BrFN3O3/c29-23-15-12-21(16-24(23)33(35)36)28-31-25(17-4-2-1-3-5-17)26(32-28)18-6-8-19(9-7-18)27(34)20-10-13-22(30)14-11-20/h1-16H,(H,31,32). The number of halogens is 2. The minimum absolute atomic E-state index is 0.0598. The number of imidazole rings is 1. The molecule has 0 fully saturated rings. The fraction of sp³-hybridized carbons (Fsp3) is 0. The maximum atomic E-state index is 13.2. The molecule has 0 bridgehead atoms. The molecule has 4 aromatic carbocycles. The van der Waals surface area contributed by atoms with Gasteiger partial charge >= 0.3 is 0 Å². The Morgan fingerprint density at radius 1 is 0.833 bits per heavy atom. The molecular formula is C28H17BrFN3O3. The van der Waals surface area contributed by atoms with E-state index in [1.807, 2.05) is 42.5 Å². The first kappa shape index (κ1) is 23.3. The summed E-state index contributed by atoms with van der Waals surface area (Å²) >= 11 is 3.22. The highest BCUT2D eigenvalue weighted by Crippen LogP contribution is 2.35. The Balaban J connectivity index is 1.57. The number of hydrogen-bond acceptors (Lipinski definition) is 4. The van der Waals surface area contributed by atoms with E-state index >= 15 is 0 Å². The summed E-state index contributed by atoms with van der Waals surface area (Å²) < 4.78 is 13.6. The number of ketones is 1. The van der Waals surface area contributed by atoms with Gasteiger partial charge in [0.2, 0.25) is 0 Å². The van der Waals surface area contributed by atoms with Gasteiger partial charge in [0.1, 0.15) is 11.6 Å². The number of carbonyl (C=O) groups is 1. The van der Waals surface area contributed by atoms with Gasteiger partial charge in [-0.1, -0.05) is 54.6 Å². The third-order valence-corrected chi connectivity index (χ3v) is 6.38. The van der Waals surface area contributed by atoms with Crippen LogP contribution in [0, 0.1) is 15.9 Å². The molecule has 6 nitrogen and oxygen atoms in total. The van der Waals surface area contributed by atoms with Crippen LogP contribution in [0.3, 0.4) is 0 Å². The number of carbonyl (C=O) groups excluding carboxylic acids is 1. The molecule has 0 aliphatic carbocycles. The Bertz CT molecular complexity index is 1580. The monoisotopic (exact) mass is 541 g/mol. The molecule has 0 aliphatic rings. The molecule has 8 heteroatoms. The number of benzene rings is 4. The van der Waals surface area contributed by atoms with Crippen molar-refractivity contribution in [2.45, 2.75) is 0 Å². The third kappa shape index (κ3) is 4.58. The summed E-state index contributed by atoms with van der Waals surface area (Å²) in [5.41, 5.74) is 4.41. The quantitative estimate of drug-likeness (QED) is 0.137. The van der Waals surface area contributed by atoms with Crippen molar-refractivity contribution in [3.05, 3.63) is 129 Å². The van der Waals surface area contributed by atoms with E-state index in [1.54, 1.807) is 24.3 Å². The predicted molar refractivity (Wildman–Crippen MR) is 139 cm³/mol. The molecule has 176 valence electrons. The number of rotatable bonds is 6. The molecule has 0 atom stereocenters. The van der Waals surface area contributed by atoms with Crippen LogP contribution in [0.2, 0.25) is 0 Å². The smallest absolute Gasteiger partial charge is 0.284 e. The van der Waals surface area contributed by atoms with Gasteiger partial charge in [-0.3, -0.25) is 14.9 Å². The van der Waals surface area contributed by atoms with Crippen molar-refractivity contribution in [1.82, 2.24) is 9.97 Å². The van der Waals surface area contributed by atoms with Crippen molar-refractivity contribution in [3.8, 4) is 33.9 Å². The highest BCUT2D eigenvalue weighted by atomic mass is 79.9. The molecule has 0 spiro atoms. The summed E-state index contributed by atoms with van der Waals surface area (Å²) in [5.74, 6) is -0.135. The maximum absolute atomic E-state index is 13.2. The van der Waals surface area contributed by atoms with Gasteiger partial charge in [0.05, 0.1) is 20.8 Å². The molecule has 1 heterocycles. The number of aromatic amines is 1. The predicted octanol–water partition coefficient (Wildman–Crippen LogP) is 7.45. The van der Waals surface area contributed by atoms with E-state index in [9.17, 15) is 19.3 Å². The first-order chi connectivity index (χ1) is 17.4. The molecule has 5 rings (SSSR count). The molecule has 0 radical (unpaired) electrons. The zero-order chi connectivity index (χ0) is 25.2. The lowest BCUT2D eigenvalue weighted by Gasteiger charge is -2.06. The average Bonchev–Trinajstić information content (AvgIpc) is 3.35. The lowest BCUT2D eigenvalue weighted by atomic mass is 10.00. The van der Waals surface area contributed by atoms with Crippen LogP contribution in [0.4, 0.5) is 10.1 Å². The summed E-state index contributed by atoms with van der Waals surface area (Å²) in [6.07, 6.45) is 0. The highest BCUT2D eigenvalue weighted by Gasteiger charge is 2.19. The number of nitro groups is 1. The Morgan fingerprint density at radius 2 is 1.44 bits per heavy atom. The number of nitrogens with zero attached hydrogens (tertiary/aromatic N) is 2. The van der Waals surface area contributed by atoms with E-state index in [-0.39, 0.29) is 11.5 Å². The number of nitro benzene ring substituents is 1. The van der Waals surface area contributed by atoms with E-state index in [1.165, 1.54) is 30.3 Å². The van der Waals surface area contributed by atoms with Gasteiger partial charge in [-0.15, -0.1) is 0 Å². The van der Waals surface area contributed by atoms with Crippen LogP contribution in [0.5, 0.6) is 0 Å². The van der Waals surface area contributed by atoms with Gasteiger partial charge in [0, 0.05) is 33.9 Å². The van der Waals surface area contributed by atoms with Crippen LogP contribution in [0.1, 0.15) is 15.9 Å². The molecule has 0 saturated carbocycles. The highest BCUT2D eigenvalue weighted by molar-refractivity contribution is 9.10. The van der Waals surface area contributed by atoms with Crippen molar-refractivity contribution >= 4 is 27.4 Å². The second-order valence-corrected chi connectivity index (χ2v) is 8.87. The summed E-state index contributed by atoms with van der Waals surface area (Å²) in [4.78, 5) is 31.9. The minimum atomic E-state index is -0.452. The Labute approximate surface area is 213 Å². The normalized spacial score (nSPS) is 10.8. The maximum Gasteiger partial charge on any atom is 0.284 e. The van der Waals surface area contributed by atoms with E-state index in [4.69, 9.17) is 4.98 Å². The number of H-pyrrole nitrogens is 1. The number of hydrogen-bond donors (Lipinski definition) is 1. The van der Waals surface area contributed by atoms with Crippen molar-refractivity contribution in [2.75, 3.05) is 0 Å². The Morgan fingerprint density at radius 3 is 2.08 bits per heavy atom. The summed E-state index contributed by atoms with van der Waals surface area (Å²) in [6.45, 7) is 0. The van der Waals surface area contributed by atoms with Crippen molar-refractivity contribution in [2.24, 2.45) is 0 Å². The molecule has 0 saturated heterocycles. The van der Waals surface area contributed by atoms with Crippen LogP contribution >= 0.6 is 15.9 Å². The lowest BCUT2D eigenvalue weighted by Crippen LogP contribution is -2.01. The summed E-state index contributed by atoms with van der Waals surface area (Å²) in [7, 11) is 0. The van der Waals surface area contributed by atoms with E-state index < -0.39 is 10.7 Å². The molecule has 1 aromatic heterocycles. The van der Waals surface area contributed by atoms with Crippen LogP contribution in [-0.2, 0) is 0 Å². The largest absolute Gasteiger partial charge is 0.337 e. The SMILES string of the molecule is O=C(c1ccc(F)cc1)c1ccc(-c2[nH]c(-c3ccc(Br)c([N+](=O)[O-])c3)nc2-c2ccccc2)cc1. The molecular weight excluding hydrogens is 525 g/mol. The summed E-state index contributed by atoms with van der Waals surface area (Å²) in [6, 6.07) is 26.9. The zero-order valence-electron chi connectivity index (χ0n) is 18.6. The lowest BCUT2D eigenvalue weighted by molar-refractivity contribution is -0.385. The molecule has 1 N–H and O–H groups in total. The fourth-order valence-corrected chi connectivity index (χ4v) is 4.27. The van der Waals surface area contributed by atoms with E-state index in [0.29, 0.717) is 38.4 Å². The molecule has 0 unspecified atom stereocenters. The topological polar surface area (TPSA) is 88.9 Å². The van der Waals surface area contributed by atoms with E-state index in [0.717, 1.165) is 11.1 Å². The zero-order valence-corrected chi connectivity index (χ0v) is 20.2. The fourth-order valence-electron chi connectivity index (χ4n) is 3.88. The first-order valence-electron chi connectivity index (χ1n) is 10.9. The van der Waals surface area contributed by atoms with Gasteiger partial charge in [-0.25, -0.2) is 9.37 Å². The van der Waals surface area contributed by atoms with Crippen molar-refractivity contribution < 1.29 is 14.1 Å². The Kier molecular flexibility index (Phi) is 6.26. The number of aromatic nitrogens is 2. The molecule has 5 aromatic rings. The second-order valence-electron chi connectivity index (χ2n) is 8.01. The third-order valence-electron chi connectivity index (χ3n) is 5.71. The van der Waals surface area contributed by atoms with Gasteiger partial charge in [0.25, 0.3) is 5.69 Å².